The first-order valence-corrected chi connectivity index (χ1v) is 9.50. The number of benzene rings is 2. The molecule has 0 aliphatic carbocycles. The van der Waals surface area contributed by atoms with Crippen molar-refractivity contribution in [1.29, 1.82) is 0 Å². The van der Waals surface area contributed by atoms with Crippen LogP contribution >= 0.6 is 11.6 Å². The number of likely N-dealkylation sites (tertiary alicyclic amines) is 1. The van der Waals surface area contributed by atoms with Gasteiger partial charge in [0.1, 0.15) is 0 Å². The van der Waals surface area contributed by atoms with Crippen molar-refractivity contribution in [2.75, 3.05) is 20.1 Å². The summed E-state index contributed by atoms with van der Waals surface area (Å²) < 4.78 is 0. The van der Waals surface area contributed by atoms with Crippen molar-refractivity contribution in [3.05, 3.63) is 70.7 Å². The van der Waals surface area contributed by atoms with Gasteiger partial charge < -0.3 is 10.2 Å². The molecule has 0 radical (unpaired) electrons. The molecule has 1 fully saturated rings. The van der Waals surface area contributed by atoms with Crippen LogP contribution in [0.25, 0.3) is 0 Å². The van der Waals surface area contributed by atoms with E-state index in [0.717, 1.165) is 43.1 Å². The highest BCUT2D eigenvalue weighted by Crippen LogP contribution is 2.16. The number of carbonyl (C=O) groups excluding carboxylic acids is 1. The molecule has 0 saturated carbocycles. The van der Waals surface area contributed by atoms with Gasteiger partial charge in [-0.1, -0.05) is 54.1 Å². The molecule has 0 bridgehead atoms. The van der Waals surface area contributed by atoms with Crippen molar-refractivity contribution in [3.63, 3.8) is 0 Å². The summed E-state index contributed by atoms with van der Waals surface area (Å²) >= 11 is 5.94. The normalized spacial score (nSPS) is 15.6. The van der Waals surface area contributed by atoms with Gasteiger partial charge in [0.2, 0.25) is 0 Å². The van der Waals surface area contributed by atoms with Crippen LogP contribution in [-0.2, 0) is 13.1 Å². The minimum absolute atomic E-state index is 0.00463. The van der Waals surface area contributed by atoms with Gasteiger partial charge in [-0.25, -0.2) is 4.79 Å². The van der Waals surface area contributed by atoms with E-state index in [4.69, 9.17) is 11.6 Å². The monoisotopic (exact) mass is 371 g/mol. The summed E-state index contributed by atoms with van der Waals surface area (Å²) in [7, 11) is 1.85. The lowest BCUT2D eigenvalue weighted by Gasteiger charge is -2.33. The van der Waals surface area contributed by atoms with Crippen molar-refractivity contribution >= 4 is 17.6 Å². The summed E-state index contributed by atoms with van der Waals surface area (Å²) in [6.45, 7) is 3.56. The first kappa shape index (κ1) is 18.7. The van der Waals surface area contributed by atoms with E-state index >= 15 is 0 Å². The van der Waals surface area contributed by atoms with Crippen molar-refractivity contribution in [2.45, 2.75) is 32.0 Å². The summed E-state index contributed by atoms with van der Waals surface area (Å²) in [6, 6.07) is 18.4. The van der Waals surface area contributed by atoms with Gasteiger partial charge in [0.15, 0.2) is 0 Å². The third-order valence-electron chi connectivity index (χ3n) is 4.84. The summed E-state index contributed by atoms with van der Waals surface area (Å²) in [5.74, 6) is 0. The van der Waals surface area contributed by atoms with Gasteiger partial charge in [-0.3, -0.25) is 4.90 Å². The summed E-state index contributed by atoms with van der Waals surface area (Å²) in [4.78, 5) is 16.6. The molecule has 1 N–H and O–H groups in total. The standard InChI is InChI=1S/C21H26ClN3O/c1-24(15-17-5-3-2-4-6-17)21(26)23-20-11-13-25(14-12-20)16-18-7-9-19(22)10-8-18/h2-10,20H,11-16H2,1H3,(H,23,26). The van der Waals surface area contributed by atoms with Crippen molar-refractivity contribution < 1.29 is 4.79 Å². The van der Waals surface area contributed by atoms with Gasteiger partial charge in [0, 0.05) is 44.3 Å². The van der Waals surface area contributed by atoms with Gasteiger partial charge in [-0.15, -0.1) is 0 Å². The maximum atomic E-state index is 12.4. The number of hydrogen-bond acceptors (Lipinski definition) is 2. The number of carbonyl (C=O) groups is 1. The van der Waals surface area contributed by atoms with Crippen LogP contribution in [0, 0.1) is 0 Å². The number of urea groups is 1. The molecule has 0 aromatic heterocycles. The van der Waals surface area contributed by atoms with Crippen LogP contribution in [0.1, 0.15) is 24.0 Å². The summed E-state index contributed by atoms with van der Waals surface area (Å²) in [5, 5.41) is 3.95. The zero-order valence-electron chi connectivity index (χ0n) is 15.2. The molecule has 1 heterocycles. The number of amides is 2. The van der Waals surface area contributed by atoms with Gasteiger partial charge >= 0.3 is 6.03 Å². The maximum absolute atomic E-state index is 12.4. The fourth-order valence-electron chi connectivity index (χ4n) is 3.30. The molecule has 138 valence electrons. The Morgan fingerprint density at radius 2 is 1.73 bits per heavy atom. The second-order valence-corrected chi connectivity index (χ2v) is 7.40. The maximum Gasteiger partial charge on any atom is 0.317 e. The summed E-state index contributed by atoms with van der Waals surface area (Å²) in [5.41, 5.74) is 2.42. The van der Waals surface area contributed by atoms with E-state index < -0.39 is 0 Å². The van der Waals surface area contributed by atoms with Gasteiger partial charge in [0.05, 0.1) is 0 Å². The predicted octanol–water partition coefficient (Wildman–Crippen LogP) is 4.15. The van der Waals surface area contributed by atoms with Crippen LogP contribution in [0.3, 0.4) is 0 Å². The van der Waals surface area contributed by atoms with E-state index in [-0.39, 0.29) is 12.1 Å². The third kappa shape index (κ3) is 5.48. The number of nitrogens with one attached hydrogen (secondary N) is 1. The average Bonchev–Trinajstić information content (AvgIpc) is 2.66. The Bertz CT molecular complexity index is 697. The zero-order valence-corrected chi connectivity index (χ0v) is 16.0. The number of hydrogen-bond donors (Lipinski definition) is 1. The molecule has 3 rings (SSSR count). The highest BCUT2D eigenvalue weighted by molar-refractivity contribution is 6.30. The van der Waals surface area contributed by atoms with E-state index in [1.807, 2.05) is 49.5 Å². The summed E-state index contributed by atoms with van der Waals surface area (Å²) in [6.07, 6.45) is 1.97. The van der Waals surface area contributed by atoms with E-state index in [1.165, 1.54) is 5.56 Å². The van der Waals surface area contributed by atoms with E-state index in [2.05, 4.69) is 22.3 Å². The average molecular weight is 372 g/mol. The quantitative estimate of drug-likeness (QED) is 0.857. The number of nitrogens with zero attached hydrogens (tertiary/aromatic N) is 2. The number of piperidine rings is 1. The molecule has 0 unspecified atom stereocenters. The first-order chi connectivity index (χ1) is 12.6. The molecule has 26 heavy (non-hydrogen) atoms. The van der Waals surface area contributed by atoms with Crippen LogP contribution in [0.15, 0.2) is 54.6 Å². The molecule has 2 aromatic rings. The highest BCUT2D eigenvalue weighted by Gasteiger charge is 2.22. The lowest BCUT2D eigenvalue weighted by molar-refractivity contribution is 0.173. The minimum Gasteiger partial charge on any atom is -0.335 e. The molecule has 5 heteroatoms. The van der Waals surface area contributed by atoms with Crippen molar-refractivity contribution in [1.82, 2.24) is 15.1 Å². The van der Waals surface area contributed by atoms with Gasteiger partial charge in [-0.2, -0.15) is 0 Å². The Balaban J connectivity index is 1.41. The minimum atomic E-state index is 0.00463. The van der Waals surface area contributed by atoms with Crippen LogP contribution in [-0.4, -0.2) is 42.0 Å². The fraction of sp³-hybridized carbons (Fsp3) is 0.381. The Morgan fingerprint density at radius 3 is 2.38 bits per heavy atom. The Hall–Kier alpha value is -2.04. The molecule has 1 saturated heterocycles. The Kier molecular flexibility index (Phi) is 6.53. The predicted molar refractivity (Wildman–Crippen MR) is 106 cm³/mol. The lowest BCUT2D eigenvalue weighted by Crippen LogP contribution is -2.48. The van der Waals surface area contributed by atoms with Gasteiger partial charge in [-0.05, 0) is 36.1 Å². The van der Waals surface area contributed by atoms with E-state index in [9.17, 15) is 4.79 Å². The molecule has 4 nitrogen and oxygen atoms in total. The molecule has 1 aliphatic rings. The van der Waals surface area contributed by atoms with Gasteiger partial charge in [0.25, 0.3) is 0 Å². The zero-order chi connectivity index (χ0) is 18.4. The first-order valence-electron chi connectivity index (χ1n) is 9.12. The SMILES string of the molecule is CN(Cc1ccccc1)C(=O)NC1CCN(Cc2ccc(Cl)cc2)CC1. The third-order valence-corrected chi connectivity index (χ3v) is 5.10. The second-order valence-electron chi connectivity index (χ2n) is 6.97. The van der Waals surface area contributed by atoms with Crippen molar-refractivity contribution in [3.8, 4) is 0 Å². The van der Waals surface area contributed by atoms with Crippen LogP contribution in [0.4, 0.5) is 4.79 Å². The number of halogens is 1. The molecule has 0 spiro atoms. The number of rotatable bonds is 5. The fourth-order valence-corrected chi connectivity index (χ4v) is 3.42. The molecule has 1 aliphatic heterocycles. The Morgan fingerprint density at radius 1 is 1.08 bits per heavy atom. The second kappa shape index (κ2) is 9.06. The van der Waals surface area contributed by atoms with E-state index in [1.54, 1.807) is 4.90 Å². The van der Waals surface area contributed by atoms with Crippen LogP contribution < -0.4 is 5.32 Å². The van der Waals surface area contributed by atoms with Crippen LogP contribution in [0.5, 0.6) is 0 Å². The molecular formula is C21H26ClN3O. The Labute approximate surface area is 160 Å². The van der Waals surface area contributed by atoms with E-state index in [0.29, 0.717) is 6.54 Å². The molecule has 2 aromatic carbocycles. The van der Waals surface area contributed by atoms with Crippen LogP contribution in [0.2, 0.25) is 5.02 Å². The van der Waals surface area contributed by atoms with Crippen molar-refractivity contribution in [2.24, 2.45) is 0 Å². The highest BCUT2D eigenvalue weighted by atomic mass is 35.5. The molecule has 2 amide bonds. The molecule has 0 atom stereocenters. The lowest BCUT2D eigenvalue weighted by atomic mass is 10.0. The smallest absolute Gasteiger partial charge is 0.317 e. The molecular weight excluding hydrogens is 346 g/mol. The topological polar surface area (TPSA) is 35.6 Å². The largest absolute Gasteiger partial charge is 0.335 e.